The van der Waals surface area contributed by atoms with Crippen LogP contribution in [0.3, 0.4) is 0 Å². The van der Waals surface area contributed by atoms with E-state index >= 15 is 0 Å². The molecule has 1 saturated carbocycles. The third-order valence-electron chi connectivity index (χ3n) is 7.19. The Labute approximate surface area is 175 Å². The van der Waals surface area contributed by atoms with Gasteiger partial charge in [-0.05, 0) is 97.4 Å². The van der Waals surface area contributed by atoms with E-state index in [4.69, 9.17) is 0 Å². The van der Waals surface area contributed by atoms with Crippen molar-refractivity contribution >= 4 is 0 Å². The highest BCUT2D eigenvalue weighted by atomic mass is 19.1. The molecule has 2 aromatic carbocycles. The number of unbranched alkanes of at least 4 members (excludes halogenated alkanes) is 1. The van der Waals surface area contributed by atoms with Crippen molar-refractivity contribution in [1.82, 2.24) is 0 Å². The van der Waals surface area contributed by atoms with Gasteiger partial charge < -0.3 is 0 Å². The van der Waals surface area contributed by atoms with Gasteiger partial charge in [-0.15, -0.1) is 0 Å². The molecule has 0 aliphatic heterocycles. The number of hydrogen-bond donors (Lipinski definition) is 0. The molecule has 152 valence electrons. The van der Waals surface area contributed by atoms with Crippen molar-refractivity contribution in [2.45, 2.75) is 71.1 Å². The number of hydrogen-bond acceptors (Lipinski definition) is 0. The minimum atomic E-state index is -0.215. The predicted molar refractivity (Wildman–Crippen MR) is 119 cm³/mol. The third-order valence-corrected chi connectivity index (χ3v) is 7.19. The van der Waals surface area contributed by atoms with E-state index in [0.29, 0.717) is 0 Å². The summed E-state index contributed by atoms with van der Waals surface area (Å²) < 4.78 is 13.0. The maximum atomic E-state index is 13.0. The van der Waals surface area contributed by atoms with Crippen LogP contribution in [0.15, 0.2) is 42.5 Å². The van der Waals surface area contributed by atoms with Gasteiger partial charge in [-0.1, -0.05) is 56.9 Å². The largest absolute Gasteiger partial charge is 0.207 e. The van der Waals surface area contributed by atoms with E-state index in [-0.39, 0.29) is 5.82 Å². The first-order valence-corrected chi connectivity index (χ1v) is 11.6. The normalized spacial score (nSPS) is 23.7. The van der Waals surface area contributed by atoms with E-state index in [1.807, 2.05) is 0 Å². The van der Waals surface area contributed by atoms with Crippen LogP contribution < -0.4 is 0 Å². The van der Waals surface area contributed by atoms with Gasteiger partial charge in [0.2, 0.25) is 0 Å². The first kappa shape index (κ1) is 20.2. The summed E-state index contributed by atoms with van der Waals surface area (Å²) in [6.07, 6.45) is 13.8. The number of halogens is 1. The van der Waals surface area contributed by atoms with Crippen molar-refractivity contribution in [3.63, 3.8) is 0 Å². The lowest BCUT2D eigenvalue weighted by atomic mass is 9.69. The Balaban J connectivity index is 1.36. The van der Waals surface area contributed by atoms with Gasteiger partial charge in [0.1, 0.15) is 5.82 Å². The molecule has 1 unspecified atom stereocenters. The SMILES string of the molecule is CCCCC1CCC(C2CCc3cc(C#Cc4ccc(F)cc4)ccc3C2)CC1. The van der Waals surface area contributed by atoms with Crippen LogP contribution in [0.4, 0.5) is 4.39 Å². The summed E-state index contributed by atoms with van der Waals surface area (Å²) in [5.74, 6) is 9.02. The molecule has 1 atom stereocenters. The molecule has 4 rings (SSSR count). The molecule has 1 heteroatoms. The van der Waals surface area contributed by atoms with Crippen LogP contribution in [-0.4, -0.2) is 0 Å². The van der Waals surface area contributed by atoms with Gasteiger partial charge >= 0.3 is 0 Å². The molecule has 2 aromatic rings. The fourth-order valence-corrected chi connectivity index (χ4v) is 5.38. The van der Waals surface area contributed by atoms with Crippen LogP contribution in [-0.2, 0) is 12.8 Å². The van der Waals surface area contributed by atoms with Crippen LogP contribution in [0.1, 0.15) is 80.5 Å². The van der Waals surface area contributed by atoms with Gasteiger partial charge in [0.25, 0.3) is 0 Å². The molecule has 0 nitrogen and oxygen atoms in total. The number of benzene rings is 2. The predicted octanol–water partition coefficient (Wildman–Crippen LogP) is 7.33. The number of fused-ring (bicyclic) bond motifs is 1. The summed E-state index contributed by atoms with van der Waals surface area (Å²) in [4.78, 5) is 0. The van der Waals surface area contributed by atoms with E-state index in [0.717, 1.165) is 28.9 Å². The van der Waals surface area contributed by atoms with Gasteiger partial charge in [-0.25, -0.2) is 4.39 Å². The highest BCUT2D eigenvalue weighted by Gasteiger charge is 2.29. The molecule has 0 amide bonds. The second-order valence-corrected chi connectivity index (χ2v) is 9.17. The zero-order valence-corrected chi connectivity index (χ0v) is 17.7. The summed E-state index contributed by atoms with van der Waals surface area (Å²) in [5, 5.41) is 0. The van der Waals surface area contributed by atoms with Crippen molar-refractivity contribution in [3.8, 4) is 11.8 Å². The highest BCUT2D eigenvalue weighted by molar-refractivity contribution is 5.46. The average Bonchev–Trinajstić information content (AvgIpc) is 2.77. The standard InChI is InChI=1S/C28H33F/c1-2-3-4-21-7-12-24(13-8-21)26-16-15-25-19-23(9-14-27(25)20-26)6-5-22-10-17-28(29)18-11-22/h9-11,14,17-19,21,24,26H,2-4,7-8,12-13,15-16,20H2,1H3. The minimum absolute atomic E-state index is 0.215. The van der Waals surface area contributed by atoms with Crippen molar-refractivity contribution in [2.24, 2.45) is 17.8 Å². The van der Waals surface area contributed by atoms with Gasteiger partial charge in [-0.2, -0.15) is 0 Å². The van der Waals surface area contributed by atoms with Crippen LogP contribution in [0, 0.1) is 35.4 Å². The van der Waals surface area contributed by atoms with Crippen LogP contribution in [0.2, 0.25) is 0 Å². The number of rotatable bonds is 4. The minimum Gasteiger partial charge on any atom is -0.207 e. The van der Waals surface area contributed by atoms with Gasteiger partial charge in [0, 0.05) is 11.1 Å². The average molecular weight is 389 g/mol. The fraction of sp³-hybridized carbons (Fsp3) is 0.500. The Hall–Kier alpha value is -2.07. The van der Waals surface area contributed by atoms with E-state index in [1.165, 1.54) is 81.9 Å². The van der Waals surface area contributed by atoms with E-state index < -0.39 is 0 Å². The van der Waals surface area contributed by atoms with Gasteiger partial charge in [0.15, 0.2) is 0 Å². The van der Waals surface area contributed by atoms with Crippen molar-refractivity contribution in [1.29, 1.82) is 0 Å². The summed E-state index contributed by atoms with van der Waals surface area (Å²) in [6.45, 7) is 2.31. The molecule has 0 spiro atoms. The molecular weight excluding hydrogens is 355 g/mol. The molecule has 0 saturated heterocycles. The lowest BCUT2D eigenvalue weighted by molar-refractivity contribution is 0.183. The molecule has 0 bridgehead atoms. The Kier molecular flexibility index (Phi) is 6.70. The summed E-state index contributed by atoms with van der Waals surface area (Å²) >= 11 is 0. The topological polar surface area (TPSA) is 0 Å². The highest BCUT2D eigenvalue weighted by Crippen LogP contribution is 2.40. The van der Waals surface area contributed by atoms with Crippen molar-refractivity contribution in [3.05, 3.63) is 70.5 Å². The smallest absolute Gasteiger partial charge is 0.123 e. The first-order valence-electron chi connectivity index (χ1n) is 11.6. The lowest BCUT2D eigenvalue weighted by Crippen LogP contribution is -2.26. The zero-order chi connectivity index (χ0) is 20.1. The molecule has 0 N–H and O–H groups in total. The molecule has 0 radical (unpaired) electrons. The zero-order valence-electron chi connectivity index (χ0n) is 17.7. The molecule has 29 heavy (non-hydrogen) atoms. The monoisotopic (exact) mass is 388 g/mol. The Bertz CT molecular complexity index is 859. The van der Waals surface area contributed by atoms with Crippen molar-refractivity contribution < 1.29 is 4.39 Å². The molecule has 0 heterocycles. The third kappa shape index (κ3) is 5.30. The molecule has 2 aliphatic rings. The fourth-order valence-electron chi connectivity index (χ4n) is 5.38. The van der Waals surface area contributed by atoms with Crippen LogP contribution in [0.25, 0.3) is 0 Å². The van der Waals surface area contributed by atoms with E-state index in [2.05, 4.69) is 37.0 Å². The second kappa shape index (κ2) is 9.62. The van der Waals surface area contributed by atoms with E-state index in [9.17, 15) is 4.39 Å². The van der Waals surface area contributed by atoms with Gasteiger partial charge in [0.05, 0.1) is 0 Å². The molecule has 2 aliphatic carbocycles. The second-order valence-electron chi connectivity index (χ2n) is 9.17. The van der Waals surface area contributed by atoms with Crippen LogP contribution in [0.5, 0.6) is 0 Å². The van der Waals surface area contributed by atoms with Crippen LogP contribution >= 0.6 is 0 Å². The maximum absolute atomic E-state index is 13.0. The maximum Gasteiger partial charge on any atom is 0.123 e. The summed E-state index contributed by atoms with van der Waals surface area (Å²) in [6, 6.07) is 13.2. The quantitative estimate of drug-likeness (QED) is 0.481. The molecule has 0 aromatic heterocycles. The van der Waals surface area contributed by atoms with Gasteiger partial charge in [-0.3, -0.25) is 0 Å². The lowest BCUT2D eigenvalue weighted by Gasteiger charge is -2.36. The number of aryl methyl sites for hydroxylation is 1. The van der Waals surface area contributed by atoms with E-state index in [1.54, 1.807) is 17.7 Å². The summed E-state index contributed by atoms with van der Waals surface area (Å²) in [5.41, 5.74) is 4.96. The van der Waals surface area contributed by atoms with Crippen molar-refractivity contribution in [2.75, 3.05) is 0 Å². The summed E-state index contributed by atoms with van der Waals surface area (Å²) in [7, 11) is 0. The molecule has 1 fully saturated rings. The Morgan fingerprint density at radius 3 is 2.31 bits per heavy atom. The Morgan fingerprint density at radius 2 is 1.55 bits per heavy atom. The first-order chi connectivity index (χ1) is 14.2. The Morgan fingerprint density at radius 1 is 0.828 bits per heavy atom. The molecular formula is C28H33F.